The van der Waals surface area contributed by atoms with E-state index < -0.39 is 0 Å². The Morgan fingerprint density at radius 3 is 3.05 bits per heavy atom. The van der Waals surface area contributed by atoms with Gasteiger partial charge >= 0.3 is 0 Å². The van der Waals surface area contributed by atoms with Crippen LogP contribution in [-0.4, -0.2) is 53.6 Å². The summed E-state index contributed by atoms with van der Waals surface area (Å²) in [7, 11) is 0. The van der Waals surface area contributed by atoms with Gasteiger partial charge in [-0.1, -0.05) is 6.92 Å². The molecule has 1 aliphatic rings. The Balaban J connectivity index is 2.01. The van der Waals surface area contributed by atoms with Gasteiger partial charge in [-0.2, -0.15) is 5.10 Å². The van der Waals surface area contributed by atoms with Gasteiger partial charge in [-0.15, -0.1) is 0 Å². The molecule has 0 amide bonds. The molecule has 0 bridgehead atoms. The first-order valence-electron chi connectivity index (χ1n) is 7.30. The number of hydrogen-bond donors (Lipinski definition) is 1. The number of ether oxygens (including phenoxy) is 1. The predicted octanol–water partition coefficient (Wildman–Crippen LogP) is 1.02. The van der Waals surface area contributed by atoms with Crippen LogP contribution in [-0.2, 0) is 17.8 Å². The number of nitrogens with zero attached hydrogens (tertiary/aromatic N) is 3. The van der Waals surface area contributed by atoms with Crippen LogP contribution in [0.15, 0.2) is 6.07 Å². The minimum absolute atomic E-state index is 0.467. The number of likely N-dealkylation sites (N-methyl/N-ethyl adjacent to an activating group) is 1. The van der Waals surface area contributed by atoms with Crippen molar-refractivity contribution >= 4 is 0 Å². The zero-order valence-corrected chi connectivity index (χ0v) is 12.4. The van der Waals surface area contributed by atoms with Gasteiger partial charge < -0.3 is 10.1 Å². The van der Waals surface area contributed by atoms with Gasteiger partial charge in [-0.05, 0) is 26.5 Å². The molecule has 19 heavy (non-hydrogen) atoms. The van der Waals surface area contributed by atoms with E-state index in [2.05, 4.69) is 46.8 Å². The fourth-order valence-corrected chi connectivity index (χ4v) is 2.60. The summed E-state index contributed by atoms with van der Waals surface area (Å²) in [5.41, 5.74) is 2.41. The van der Waals surface area contributed by atoms with Crippen molar-refractivity contribution in [3.63, 3.8) is 0 Å². The van der Waals surface area contributed by atoms with Gasteiger partial charge in [0.1, 0.15) is 0 Å². The highest BCUT2D eigenvalue weighted by Gasteiger charge is 2.23. The molecule has 2 rings (SSSR count). The average Bonchev–Trinajstić information content (AvgIpc) is 2.78. The second-order valence-electron chi connectivity index (χ2n) is 5.10. The molecule has 5 heteroatoms. The lowest BCUT2D eigenvalue weighted by molar-refractivity contribution is -0.0118. The van der Waals surface area contributed by atoms with Crippen molar-refractivity contribution in [2.75, 3.05) is 32.8 Å². The maximum Gasteiger partial charge on any atom is 0.0635 e. The van der Waals surface area contributed by atoms with E-state index in [0.29, 0.717) is 6.04 Å². The van der Waals surface area contributed by atoms with Crippen LogP contribution in [0.4, 0.5) is 0 Å². The third kappa shape index (κ3) is 3.78. The van der Waals surface area contributed by atoms with Gasteiger partial charge in [0.05, 0.1) is 24.6 Å². The maximum absolute atomic E-state index is 5.60. The summed E-state index contributed by atoms with van der Waals surface area (Å²) < 4.78 is 7.71. The number of aryl methyl sites for hydroxylation is 2. The molecule has 1 unspecified atom stereocenters. The fraction of sp³-hybridized carbons (Fsp3) is 0.786. The summed E-state index contributed by atoms with van der Waals surface area (Å²) in [4.78, 5) is 2.51. The van der Waals surface area contributed by atoms with Crippen LogP contribution in [0.5, 0.6) is 0 Å². The summed E-state index contributed by atoms with van der Waals surface area (Å²) >= 11 is 0. The molecule has 0 aliphatic carbocycles. The zero-order chi connectivity index (χ0) is 13.7. The number of morpholine rings is 1. The minimum atomic E-state index is 0.467. The second kappa shape index (κ2) is 7.03. The molecule has 0 aromatic carbocycles. The Kier molecular flexibility index (Phi) is 5.36. The normalized spacial score (nSPS) is 20.9. The Labute approximate surface area is 115 Å². The molecule has 1 atom stereocenters. The first-order chi connectivity index (χ1) is 9.24. The average molecular weight is 266 g/mol. The van der Waals surface area contributed by atoms with E-state index >= 15 is 0 Å². The van der Waals surface area contributed by atoms with Crippen molar-refractivity contribution in [1.29, 1.82) is 0 Å². The van der Waals surface area contributed by atoms with E-state index in [-0.39, 0.29) is 0 Å². The van der Waals surface area contributed by atoms with Crippen LogP contribution < -0.4 is 5.32 Å². The molecule has 5 nitrogen and oxygen atoms in total. The van der Waals surface area contributed by atoms with Gasteiger partial charge in [0.25, 0.3) is 0 Å². The zero-order valence-electron chi connectivity index (χ0n) is 12.4. The molecule has 1 aliphatic heterocycles. The molecular formula is C14H26N4O. The Morgan fingerprint density at radius 2 is 2.32 bits per heavy atom. The summed E-state index contributed by atoms with van der Waals surface area (Å²) in [5, 5.41) is 7.95. The third-order valence-electron chi connectivity index (χ3n) is 3.63. The van der Waals surface area contributed by atoms with Crippen molar-refractivity contribution in [2.24, 2.45) is 0 Å². The predicted molar refractivity (Wildman–Crippen MR) is 76.2 cm³/mol. The molecule has 0 radical (unpaired) electrons. The first-order valence-corrected chi connectivity index (χ1v) is 7.30. The topological polar surface area (TPSA) is 42.3 Å². The van der Waals surface area contributed by atoms with E-state index in [0.717, 1.165) is 51.6 Å². The lowest BCUT2D eigenvalue weighted by Gasteiger charge is -2.35. The third-order valence-corrected chi connectivity index (χ3v) is 3.63. The molecule has 1 saturated heterocycles. The van der Waals surface area contributed by atoms with E-state index in [1.165, 1.54) is 5.69 Å². The maximum atomic E-state index is 5.60. The highest BCUT2D eigenvalue weighted by molar-refractivity contribution is 5.09. The van der Waals surface area contributed by atoms with E-state index in [9.17, 15) is 0 Å². The molecule has 1 aromatic heterocycles. The Morgan fingerprint density at radius 1 is 1.47 bits per heavy atom. The highest BCUT2D eigenvalue weighted by atomic mass is 16.5. The molecule has 1 aromatic rings. The van der Waals surface area contributed by atoms with E-state index in [4.69, 9.17) is 4.74 Å². The van der Waals surface area contributed by atoms with Gasteiger partial charge in [0, 0.05) is 32.2 Å². The van der Waals surface area contributed by atoms with Crippen molar-refractivity contribution in [2.45, 2.75) is 39.9 Å². The van der Waals surface area contributed by atoms with Crippen molar-refractivity contribution in [1.82, 2.24) is 20.0 Å². The van der Waals surface area contributed by atoms with Gasteiger partial charge in [-0.25, -0.2) is 0 Å². The molecule has 2 heterocycles. The van der Waals surface area contributed by atoms with Crippen LogP contribution in [0.2, 0.25) is 0 Å². The number of rotatable bonds is 6. The number of aromatic nitrogens is 2. The Bertz CT molecular complexity index is 391. The second-order valence-corrected chi connectivity index (χ2v) is 5.10. The largest absolute Gasteiger partial charge is 0.378 e. The summed E-state index contributed by atoms with van der Waals surface area (Å²) in [5.74, 6) is 0. The molecule has 108 valence electrons. The highest BCUT2D eigenvalue weighted by Crippen LogP contribution is 2.13. The molecule has 0 saturated carbocycles. The first kappa shape index (κ1) is 14.5. The van der Waals surface area contributed by atoms with E-state index in [1.54, 1.807) is 0 Å². The lowest BCUT2D eigenvalue weighted by Crippen LogP contribution is -2.50. The number of hydrogen-bond acceptors (Lipinski definition) is 4. The lowest BCUT2D eigenvalue weighted by atomic mass is 10.2. The molecule has 0 spiro atoms. The smallest absolute Gasteiger partial charge is 0.0635 e. The van der Waals surface area contributed by atoms with Crippen molar-refractivity contribution in [3.8, 4) is 0 Å². The van der Waals surface area contributed by atoms with E-state index in [1.807, 2.05) is 0 Å². The quantitative estimate of drug-likeness (QED) is 0.835. The van der Waals surface area contributed by atoms with Crippen molar-refractivity contribution in [3.05, 3.63) is 17.5 Å². The summed E-state index contributed by atoms with van der Waals surface area (Å²) in [6.07, 6.45) is 0. The monoisotopic (exact) mass is 266 g/mol. The van der Waals surface area contributed by atoms with Crippen LogP contribution in [0, 0.1) is 6.92 Å². The fourth-order valence-electron chi connectivity index (χ4n) is 2.60. The van der Waals surface area contributed by atoms with Gasteiger partial charge in [0.15, 0.2) is 0 Å². The Hall–Kier alpha value is -0.910. The molecule has 1 fully saturated rings. The van der Waals surface area contributed by atoms with Crippen LogP contribution in [0.3, 0.4) is 0 Å². The van der Waals surface area contributed by atoms with Crippen LogP contribution >= 0.6 is 0 Å². The van der Waals surface area contributed by atoms with Gasteiger partial charge in [0.2, 0.25) is 0 Å². The standard InChI is InChI=1S/C14H26N4O/c1-4-15-9-14-11-19-7-6-17(14)10-13-8-12(3)16-18(13)5-2/h8,14-15H,4-7,9-11H2,1-3H3. The van der Waals surface area contributed by atoms with Gasteiger partial charge in [-0.3, -0.25) is 9.58 Å². The summed E-state index contributed by atoms with van der Waals surface area (Å²) in [6.45, 7) is 12.9. The summed E-state index contributed by atoms with van der Waals surface area (Å²) in [6, 6.07) is 2.66. The number of nitrogens with one attached hydrogen (secondary N) is 1. The molecule has 1 N–H and O–H groups in total. The minimum Gasteiger partial charge on any atom is -0.378 e. The van der Waals surface area contributed by atoms with Crippen LogP contribution in [0.1, 0.15) is 25.2 Å². The SMILES string of the molecule is CCNCC1COCCN1Cc1cc(C)nn1CC. The van der Waals surface area contributed by atoms with Crippen molar-refractivity contribution < 1.29 is 4.74 Å². The van der Waals surface area contributed by atoms with Crippen LogP contribution in [0.25, 0.3) is 0 Å². The molecular weight excluding hydrogens is 240 g/mol.